The van der Waals surface area contributed by atoms with Gasteiger partial charge in [0.15, 0.2) is 11.0 Å². The molecule has 2 heterocycles. The van der Waals surface area contributed by atoms with Gasteiger partial charge in [-0.2, -0.15) is 13.2 Å². The van der Waals surface area contributed by atoms with Crippen LogP contribution in [0, 0.1) is 5.41 Å². The number of nitrogens with zero attached hydrogens (tertiary/aromatic N) is 4. The van der Waals surface area contributed by atoms with Gasteiger partial charge in [-0.1, -0.05) is 42.1 Å². The zero-order chi connectivity index (χ0) is 25.5. The number of rotatable bonds is 8. The molecule has 2 aliphatic rings. The second kappa shape index (κ2) is 9.55. The quantitative estimate of drug-likeness (QED) is 0.339. The summed E-state index contributed by atoms with van der Waals surface area (Å²) >= 11 is 1.63. The van der Waals surface area contributed by atoms with Crippen LogP contribution in [0.3, 0.4) is 0 Å². The summed E-state index contributed by atoms with van der Waals surface area (Å²) in [6.45, 7) is 3.00. The van der Waals surface area contributed by atoms with Gasteiger partial charge in [0.1, 0.15) is 0 Å². The first-order valence-corrected chi connectivity index (χ1v) is 13.0. The maximum Gasteiger partial charge on any atom is 0.416 e. The fraction of sp³-hybridized carbons (Fsp3) is 0.423. The molecule has 1 aromatic heterocycles. The summed E-state index contributed by atoms with van der Waals surface area (Å²) in [5, 5.41) is 9.36. The van der Waals surface area contributed by atoms with Gasteiger partial charge in [-0.3, -0.25) is 4.79 Å². The van der Waals surface area contributed by atoms with Crippen molar-refractivity contribution < 1.29 is 18.0 Å². The van der Waals surface area contributed by atoms with Gasteiger partial charge in [-0.25, -0.2) is 0 Å². The molecule has 1 amide bonds. The van der Waals surface area contributed by atoms with Gasteiger partial charge in [0, 0.05) is 24.9 Å². The number of nitrogens with two attached hydrogens (primary N) is 1. The standard InChI is InChI=1S/C26H28F3N5OS/c1-33-23(20-6-3-2-5-19(20)22(30)35)31-32-24(33)36-14-4-12-34-13-11-25(16-34)15-21(25)17-7-9-18(10-8-17)26(27,28)29/h2-3,5-10,21H,4,11-16H2,1H3,(H2,30,35)/t21-,25+/m1/s1. The zero-order valence-electron chi connectivity index (χ0n) is 20.0. The van der Waals surface area contributed by atoms with Gasteiger partial charge in [0.05, 0.1) is 11.1 Å². The van der Waals surface area contributed by atoms with Crippen molar-refractivity contribution >= 4 is 17.7 Å². The van der Waals surface area contributed by atoms with E-state index in [1.807, 2.05) is 23.7 Å². The minimum absolute atomic E-state index is 0.221. The van der Waals surface area contributed by atoms with Gasteiger partial charge in [0.25, 0.3) is 0 Å². The van der Waals surface area contributed by atoms with E-state index in [0.29, 0.717) is 22.9 Å². The highest BCUT2D eigenvalue weighted by atomic mass is 32.2. The number of hydrogen-bond donors (Lipinski definition) is 1. The molecule has 2 N–H and O–H groups in total. The molecule has 190 valence electrons. The second-order valence-corrected chi connectivity index (χ2v) is 10.8. The number of thioether (sulfide) groups is 1. The number of halogens is 3. The summed E-state index contributed by atoms with van der Waals surface area (Å²) in [7, 11) is 1.88. The molecular formula is C26H28F3N5OS. The summed E-state index contributed by atoms with van der Waals surface area (Å²) in [6, 6.07) is 12.8. The molecule has 36 heavy (non-hydrogen) atoms. The highest BCUT2D eigenvalue weighted by molar-refractivity contribution is 7.99. The van der Waals surface area contributed by atoms with Crippen LogP contribution in [-0.2, 0) is 13.2 Å². The van der Waals surface area contributed by atoms with E-state index >= 15 is 0 Å². The summed E-state index contributed by atoms with van der Waals surface area (Å²) in [5.74, 6) is 1.35. The van der Waals surface area contributed by atoms with Crippen LogP contribution >= 0.6 is 11.8 Å². The number of aromatic nitrogens is 3. The Morgan fingerprint density at radius 2 is 1.92 bits per heavy atom. The van der Waals surface area contributed by atoms with Crippen LogP contribution in [-0.4, -0.2) is 51.0 Å². The number of hydrogen-bond acceptors (Lipinski definition) is 5. The van der Waals surface area contributed by atoms with Crippen LogP contribution in [0.4, 0.5) is 13.2 Å². The van der Waals surface area contributed by atoms with Crippen LogP contribution in [0.15, 0.2) is 53.7 Å². The van der Waals surface area contributed by atoms with Crippen LogP contribution in [0.5, 0.6) is 0 Å². The average molecular weight is 516 g/mol. The largest absolute Gasteiger partial charge is 0.416 e. The third kappa shape index (κ3) is 4.88. The Labute approximate surface area is 212 Å². The van der Waals surface area contributed by atoms with Gasteiger partial charge in [-0.15, -0.1) is 10.2 Å². The first-order valence-electron chi connectivity index (χ1n) is 12.0. The van der Waals surface area contributed by atoms with Crippen LogP contribution in [0.25, 0.3) is 11.4 Å². The van der Waals surface area contributed by atoms with Crippen LogP contribution in [0.2, 0.25) is 0 Å². The van der Waals surface area contributed by atoms with Gasteiger partial charge in [0.2, 0.25) is 5.91 Å². The molecule has 1 saturated carbocycles. The smallest absolute Gasteiger partial charge is 0.366 e. The molecule has 3 aromatic rings. The number of carbonyl (C=O) groups excluding carboxylic acids is 1. The molecule has 6 nitrogen and oxygen atoms in total. The average Bonchev–Trinajstić information content (AvgIpc) is 3.20. The van der Waals surface area contributed by atoms with Crippen molar-refractivity contribution in [2.24, 2.45) is 18.2 Å². The summed E-state index contributed by atoms with van der Waals surface area (Å²) in [5.41, 5.74) is 7.25. The van der Waals surface area contributed by atoms with Gasteiger partial charge < -0.3 is 15.2 Å². The number of likely N-dealkylation sites (tertiary alicyclic amines) is 1. The van der Waals surface area contributed by atoms with E-state index in [1.54, 1.807) is 36.0 Å². The van der Waals surface area contributed by atoms with Crippen LogP contribution < -0.4 is 5.73 Å². The lowest BCUT2D eigenvalue weighted by molar-refractivity contribution is -0.137. The van der Waals surface area contributed by atoms with Crippen LogP contribution in [0.1, 0.15) is 46.7 Å². The lowest BCUT2D eigenvalue weighted by atomic mass is 9.97. The van der Waals surface area contributed by atoms with E-state index in [4.69, 9.17) is 5.73 Å². The fourth-order valence-corrected chi connectivity index (χ4v) is 6.20. The van der Waals surface area contributed by atoms with Crippen molar-refractivity contribution in [1.82, 2.24) is 19.7 Å². The van der Waals surface area contributed by atoms with E-state index in [1.165, 1.54) is 12.1 Å². The molecule has 1 aliphatic carbocycles. The normalized spacial score (nSPS) is 21.8. The Morgan fingerprint density at radius 1 is 1.17 bits per heavy atom. The molecule has 5 rings (SSSR count). The molecule has 2 fully saturated rings. The maximum atomic E-state index is 12.9. The number of amides is 1. The fourth-order valence-electron chi connectivity index (χ4n) is 5.37. The van der Waals surface area contributed by atoms with E-state index in [-0.39, 0.29) is 5.41 Å². The van der Waals surface area contributed by atoms with Crippen molar-refractivity contribution in [2.45, 2.75) is 36.5 Å². The first kappa shape index (κ1) is 24.8. The maximum absolute atomic E-state index is 12.9. The highest BCUT2D eigenvalue weighted by Gasteiger charge is 2.57. The van der Waals surface area contributed by atoms with E-state index in [9.17, 15) is 18.0 Å². The van der Waals surface area contributed by atoms with Gasteiger partial charge >= 0.3 is 6.18 Å². The zero-order valence-corrected chi connectivity index (χ0v) is 20.8. The highest BCUT2D eigenvalue weighted by Crippen LogP contribution is 2.64. The van der Waals surface area contributed by atoms with Gasteiger partial charge in [-0.05, 0) is 67.4 Å². The van der Waals surface area contributed by atoms with Crippen molar-refractivity contribution in [2.75, 3.05) is 25.4 Å². The second-order valence-electron chi connectivity index (χ2n) is 9.74. The molecular weight excluding hydrogens is 487 g/mol. The molecule has 2 atom stereocenters. The number of primary amides is 1. The molecule has 1 spiro atoms. The minimum Gasteiger partial charge on any atom is -0.366 e. The van der Waals surface area contributed by atoms with Crippen molar-refractivity contribution in [3.63, 3.8) is 0 Å². The molecule has 0 radical (unpaired) electrons. The number of carbonyl (C=O) groups is 1. The van der Waals surface area contributed by atoms with Crippen molar-refractivity contribution in [3.05, 3.63) is 65.2 Å². The SMILES string of the molecule is Cn1c(SCCCN2CC[C@]3(C[C@@H]3c3ccc(C(F)(F)F)cc3)C2)nnc1-c1ccccc1C(N)=O. The lowest BCUT2D eigenvalue weighted by Gasteiger charge is -2.16. The van der Waals surface area contributed by atoms with E-state index in [0.717, 1.165) is 55.4 Å². The number of benzene rings is 2. The Morgan fingerprint density at radius 3 is 2.64 bits per heavy atom. The Hall–Kier alpha value is -2.85. The Kier molecular flexibility index (Phi) is 6.59. The predicted octanol–water partition coefficient (Wildman–Crippen LogP) is 4.96. The molecule has 1 saturated heterocycles. The molecule has 1 aliphatic heterocycles. The number of alkyl halides is 3. The molecule has 0 unspecified atom stereocenters. The van der Waals surface area contributed by atoms with Crippen molar-refractivity contribution in [3.8, 4) is 11.4 Å². The topological polar surface area (TPSA) is 77.0 Å². The monoisotopic (exact) mass is 515 g/mol. The molecule has 2 aromatic carbocycles. The minimum atomic E-state index is -4.29. The Balaban J connectivity index is 1.11. The summed E-state index contributed by atoms with van der Waals surface area (Å²) < 4.78 is 40.4. The summed E-state index contributed by atoms with van der Waals surface area (Å²) in [6.07, 6.45) is -1.15. The predicted molar refractivity (Wildman–Crippen MR) is 133 cm³/mol. The molecule has 10 heteroatoms. The van der Waals surface area contributed by atoms with E-state index < -0.39 is 17.6 Å². The lowest BCUT2D eigenvalue weighted by Crippen LogP contribution is -2.23. The van der Waals surface area contributed by atoms with Crippen molar-refractivity contribution in [1.29, 1.82) is 0 Å². The Bertz CT molecular complexity index is 1260. The summed E-state index contributed by atoms with van der Waals surface area (Å²) in [4.78, 5) is 14.2. The molecule has 0 bridgehead atoms. The third-order valence-electron chi connectivity index (χ3n) is 7.41. The van der Waals surface area contributed by atoms with E-state index in [2.05, 4.69) is 15.1 Å². The third-order valence-corrected chi connectivity index (χ3v) is 8.52. The first-order chi connectivity index (χ1) is 17.2.